The number of halogens is 1. The van der Waals surface area contributed by atoms with Crippen LogP contribution in [0.3, 0.4) is 0 Å². The second-order valence-electron chi connectivity index (χ2n) is 9.42. The van der Waals surface area contributed by atoms with Gasteiger partial charge in [-0.2, -0.15) is 0 Å². The Balaban J connectivity index is 1.31. The number of hydrogen-bond donors (Lipinski definition) is 2. The van der Waals surface area contributed by atoms with E-state index in [9.17, 15) is 24.0 Å². The van der Waals surface area contributed by atoms with Crippen LogP contribution in [0.4, 0.5) is 16.2 Å². The van der Waals surface area contributed by atoms with Crippen LogP contribution in [0.15, 0.2) is 71.6 Å². The van der Waals surface area contributed by atoms with E-state index in [1.54, 1.807) is 30.3 Å². The maximum absolute atomic E-state index is 12.9. The fourth-order valence-corrected chi connectivity index (χ4v) is 4.93. The second kappa shape index (κ2) is 14.5. The van der Waals surface area contributed by atoms with Crippen LogP contribution in [0, 0.1) is 6.92 Å². The van der Waals surface area contributed by atoms with Crippen LogP contribution in [0.25, 0.3) is 6.08 Å². The minimum absolute atomic E-state index is 0.0870. The van der Waals surface area contributed by atoms with Gasteiger partial charge in [-0.05, 0) is 84.8 Å². The summed E-state index contributed by atoms with van der Waals surface area (Å²) < 4.78 is 10.6. The molecule has 4 amide bonds. The number of carbonyl (C=O) groups is 5. The number of nitrogens with one attached hydrogen (secondary N) is 2. The molecule has 0 bridgehead atoms. The highest BCUT2D eigenvalue weighted by molar-refractivity contribution is 8.18. The zero-order chi connectivity index (χ0) is 30.9. The van der Waals surface area contributed by atoms with Gasteiger partial charge >= 0.3 is 5.97 Å². The molecule has 0 aliphatic carbocycles. The quantitative estimate of drug-likeness (QED) is 0.200. The average molecular weight is 622 g/mol. The maximum atomic E-state index is 12.9. The predicted octanol–water partition coefficient (Wildman–Crippen LogP) is 5.91. The zero-order valence-corrected chi connectivity index (χ0v) is 24.9. The van der Waals surface area contributed by atoms with Crippen molar-refractivity contribution in [3.05, 3.63) is 93.3 Å². The van der Waals surface area contributed by atoms with Crippen molar-refractivity contribution >= 4 is 69.7 Å². The van der Waals surface area contributed by atoms with Crippen molar-refractivity contribution in [2.75, 3.05) is 30.4 Å². The van der Waals surface area contributed by atoms with Gasteiger partial charge in [-0.3, -0.25) is 24.1 Å². The van der Waals surface area contributed by atoms with Crippen molar-refractivity contribution in [3.8, 4) is 5.75 Å². The summed E-state index contributed by atoms with van der Waals surface area (Å²) in [6, 6.07) is 18.4. The molecule has 0 aromatic heterocycles. The molecule has 0 spiro atoms. The van der Waals surface area contributed by atoms with Crippen molar-refractivity contribution in [1.29, 1.82) is 0 Å². The first kappa shape index (κ1) is 31.3. The fraction of sp³-hybridized carbons (Fsp3) is 0.194. The third kappa shape index (κ3) is 8.69. The van der Waals surface area contributed by atoms with E-state index in [1.165, 1.54) is 24.3 Å². The lowest BCUT2D eigenvalue weighted by Gasteiger charge is -2.13. The Hall–Kier alpha value is -4.61. The van der Waals surface area contributed by atoms with Crippen LogP contribution in [-0.4, -0.2) is 53.6 Å². The number of aryl methyl sites for hydroxylation is 1. The van der Waals surface area contributed by atoms with E-state index < -0.39 is 29.6 Å². The summed E-state index contributed by atoms with van der Waals surface area (Å²) >= 11 is 6.81. The Morgan fingerprint density at radius 1 is 0.953 bits per heavy atom. The predicted molar refractivity (Wildman–Crippen MR) is 165 cm³/mol. The van der Waals surface area contributed by atoms with E-state index in [2.05, 4.69) is 10.6 Å². The van der Waals surface area contributed by atoms with E-state index in [0.717, 1.165) is 10.5 Å². The van der Waals surface area contributed by atoms with Crippen LogP contribution < -0.4 is 15.4 Å². The summed E-state index contributed by atoms with van der Waals surface area (Å²) in [6.07, 6.45) is 2.17. The van der Waals surface area contributed by atoms with Gasteiger partial charge in [0.1, 0.15) is 12.3 Å². The highest BCUT2D eigenvalue weighted by atomic mass is 35.5. The molecule has 10 nitrogen and oxygen atoms in total. The normalized spacial score (nSPS) is 13.7. The summed E-state index contributed by atoms with van der Waals surface area (Å²) in [5, 5.41) is 4.91. The fourth-order valence-electron chi connectivity index (χ4n) is 3.89. The summed E-state index contributed by atoms with van der Waals surface area (Å²) in [5.74, 6) is -1.73. The molecule has 3 aromatic rings. The lowest BCUT2D eigenvalue weighted by molar-refractivity contribution is -0.127. The largest absolute Gasteiger partial charge is 0.484 e. The number of nitrogens with zero attached hydrogens (tertiary/aromatic N) is 1. The standard InChI is InChI=1S/C31H28ClN3O7S/c1-3-13-41-30(39)24-16-22(9-12-25(24)32)33-27(36)17-35-29(38)26(43-31(35)40)15-20-7-10-23(11-8-20)42-18-28(37)34-21-6-4-5-19(2)14-21/h4-12,14-16H,3,13,17-18H2,1-2H3,(H,33,36)(H,34,37)/b26-15+. The molecule has 0 saturated carbocycles. The van der Waals surface area contributed by atoms with E-state index in [0.29, 0.717) is 35.2 Å². The van der Waals surface area contributed by atoms with Crippen LogP contribution >= 0.6 is 23.4 Å². The Morgan fingerprint density at radius 3 is 2.40 bits per heavy atom. The maximum Gasteiger partial charge on any atom is 0.339 e. The molecule has 43 heavy (non-hydrogen) atoms. The monoisotopic (exact) mass is 621 g/mol. The smallest absolute Gasteiger partial charge is 0.339 e. The molecule has 1 aliphatic heterocycles. The highest BCUT2D eigenvalue weighted by Crippen LogP contribution is 2.32. The van der Waals surface area contributed by atoms with Crippen LogP contribution in [0.5, 0.6) is 5.75 Å². The highest BCUT2D eigenvalue weighted by Gasteiger charge is 2.36. The first-order valence-corrected chi connectivity index (χ1v) is 14.4. The summed E-state index contributed by atoms with van der Waals surface area (Å²) in [5.41, 5.74) is 2.67. The van der Waals surface area contributed by atoms with Crippen LogP contribution in [0.2, 0.25) is 5.02 Å². The molecule has 1 aliphatic rings. The topological polar surface area (TPSA) is 131 Å². The van der Waals surface area contributed by atoms with Gasteiger partial charge in [0.15, 0.2) is 6.61 Å². The van der Waals surface area contributed by atoms with E-state index in [4.69, 9.17) is 21.1 Å². The van der Waals surface area contributed by atoms with Crippen molar-refractivity contribution < 1.29 is 33.4 Å². The van der Waals surface area contributed by atoms with Crippen LogP contribution in [-0.2, 0) is 19.1 Å². The first-order valence-electron chi connectivity index (χ1n) is 13.2. The number of hydrogen-bond acceptors (Lipinski definition) is 8. The molecular formula is C31H28ClN3O7S. The molecule has 1 saturated heterocycles. The number of rotatable bonds is 11. The minimum atomic E-state index is -0.633. The van der Waals surface area contributed by atoms with Gasteiger partial charge in [-0.1, -0.05) is 42.8 Å². The van der Waals surface area contributed by atoms with Crippen molar-refractivity contribution in [1.82, 2.24) is 4.90 Å². The summed E-state index contributed by atoms with van der Waals surface area (Å²) in [4.78, 5) is 63.5. The molecule has 1 fully saturated rings. The molecule has 0 atom stereocenters. The number of ether oxygens (including phenoxy) is 2. The van der Waals surface area contributed by atoms with Crippen molar-refractivity contribution in [2.45, 2.75) is 20.3 Å². The van der Waals surface area contributed by atoms with Crippen LogP contribution in [0.1, 0.15) is 34.8 Å². The summed E-state index contributed by atoms with van der Waals surface area (Å²) in [6.45, 7) is 3.31. The Kier molecular flexibility index (Phi) is 10.6. The zero-order valence-electron chi connectivity index (χ0n) is 23.3. The number of anilines is 2. The van der Waals surface area contributed by atoms with Gasteiger partial charge < -0.3 is 20.1 Å². The van der Waals surface area contributed by atoms with Gasteiger partial charge in [0.2, 0.25) is 5.91 Å². The lowest BCUT2D eigenvalue weighted by Crippen LogP contribution is -2.36. The van der Waals surface area contributed by atoms with Gasteiger partial charge in [-0.15, -0.1) is 0 Å². The first-order chi connectivity index (χ1) is 20.6. The number of carbonyl (C=O) groups excluding carboxylic acids is 5. The van der Waals surface area contributed by atoms with E-state index in [1.807, 2.05) is 32.0 Å². The molecule has 1 heterocycles. The van der Waals surface area contributed by atoms with Gasteiger partial charge in [0.05, 0.1) is 22.1 Å². The molecular weight excluding hydrogens is 594 g/mol. The van der Waals surface area contributed by atoms with E-state index in [-0.39, 0.29) is 40.3 Å². The van der Waals surface area contributed by atoms with Gasteiger partial charge in [-0.25, -0.2) is 4.79 Å². The number of amides is 4. The number of benzene rings is 3. The molecule has 4 rings (SSSR count). The third-order valence-corrected chi connectivity index (χ3v) is 7.17. The molecule has 0 unspecified atom stereocenters. The minimum Gasteiger partial charge on any atom is -0.484 e. The number of esters is 1. The third-order valence-electron chi connectivity index (χ3n) is 5.93. The SMILES string of the molecule is CCCOC(=O)c1cc(NC(=O)CN2C(=O)S/C(=C/c3ccc(OCC(=O)Nc4cccc(C)c4)cc3)C2=O)ccc1Cl. The van der Waals surface area contributed by atoms with Gasteiger partial charge in [0, 0.05) is 11.4 Å². The summed E-state index contributed by atoms with van der Waals surface area (Å²) in [7, 11) is 0. The number of imide groups is 1. The lowest BCUT2D eigenvalue weighted by atomic mass is 10.2. The molecule has 0 radical (unpaired) electrons. The molecule has 12 heteroatoms. The van der Waals surface area contributed by atoms with Crippen molar-refractivity contribution in [3.63, 3.8) is 0 Å². The Morgan fingerprint density at radius 2 is 1.67 bits per heavy atom. The Bertz CT molecular complexity index is 1590. The second-order valence-corrected chi connectivity index (χ2v) is 10.8. The van der Waals surface area contributed by atoms with Gasteiger partial charge in [0.25, 0.3) is 17.1 Å². The van der Waals surface area contributed by atoms with E-state index >= 15 is 0 Å². The molecule has 3 aromatic carbocycles. The number of thioether (sulfide) groups is 1. The van der Waals surface area contributed by atoms with Crippen molar-refractivity contribution in [2.24, 2.45) is 0 Å². The Labute approximate surface area is 257 Å². The molecule has 2 N–H and O–H groups in total. The molecule has 222 valence electrons. The average Bonchev–Trinajstić information content (AvgIpc) is 3.23.